The van der Waals surface area contributed by atoms with E-state index < -0.39 is 0 Å². The molecule has 0 aromatic heterocycles. The third kappa shape index (κ3) is 4.89. The SMILES string of the molecule is CC(C)=CCC/C=C\CN(C1=CCC1(C)C)C(C)C. The molecule has 1 rings (SSSR count). The Morgan fingerprint density at radius 3 is 2.37 bits per heavy atom. The molecule has 0 N–H and O–H groups in total. The summed E-state index contributed by atoms with van der Waals surface area (Å²) in [4.78, 5) is 2.53. The summed E-state index contributed by atoms with van der Waals surface area (Å²) in [7, 11) is 0. The van der Waals surface area contributed by atoms with Gasteiger partial charge in [0.05, 0.1) is 0 Å². The van der Waals surface area contributed by atoms with Crippen LogP contribution in [0.5, 0.6) is 0 Å². The number of allylic oxidation sites excluding steroid dienone is 5. The van der Waals surface area contributed by atoms with Crippen LogP contribution in [0.1, 0.15) is 60.8 Å². The zero-order chi connectivity index (χ0) is 14.5. The fraction of sp³-hybridized carbons (Fsp3) is 0.667. The predicted molar refractivity (Wildman–Crippen MR) is 86.1 cm³/mol. The van der Waals surface area contributed by atoms with Gasteiger partial charge in [-0.15, -0.1) is 0 Å². The fourth-order valence-corrected chi connectivity index (χ4v) is 2.47. The van der Waals surface area contributed by atoms with E-state index in [9.17, 15) is 0 Å². The lowest BCUT2D eigenvalue weighted by Gasteiger charge is -2.45. The third-order valence-corrected chi connectivity index (χ3v) is 3.79. The van der Waals surface area contributed by atoms with Gasteiger partial charge in [0.2, 0.25) is 0 Å². The maximum Gasteiger partial charge on any atom is 0.0359 e. The Morgan fingerprint density at radius 2 is 1.95 bits per heavy atom. The van der Waals surface area contributed by atoms with Crippen LogP contribution in [0, 0.1) is 5.41 Å². The highest BCUT2D eigenvalue weighted by atomic mass is 15.2. The largest absolute Gasteiger partial charge is 0.368 e. The Hall–Kier alpha value is -0.980. The average Bonchev–Trinajstić information content (AvgIpc) is 2.29. The van der Waals surface area contributed by atoms with Gasteiger partial charge in [-0.05, 0) is 47.0 Å². The minimum absolute atomic E-state index is 0.375. The molecule has 108 valence electrons. The molecule has 1 aliphatic carbocycles. The van der Waals surface area contributed by atoms with Crippen molar-refractivity contribution in [3.8, 4) is 0 Å². The van der Waals surface area contributed by atoms with E-state index in [1.165, 1.54) is 17.7 Å². The molecule has 1 aliphatic rings. The van der Waals surface area contributed by atoms with Crippen LogP contribution in [0.15, 0.2) is 35.6 Å². The number of hydrogen-bond acceptors (Lipinski definition) is 1. The van der Waals surface area contributed by atoms with E-state index in [4.69, 9.17) is 0 Å². The van der Waals surface area contributed by atoms with Gasteiger partial charge >= 0.3 is 0 Å². The standard InChI is InChI=1S/C18H31N/c1-15(2)11-9-7-8-10-14-19(16(3)4)17-12-13-18(17,5)6/h8,10-12,16H,7,9,13-14H2,1-6H3/b10-8-. The van der Waals surface area contributed by atoms with E-state index in [0.717, 1.165) is 19.4 Å². The van der Waals surface area contributed by atoms with Gasteiger partial charge in [0.15, 0.2) is 0 Å². The maximum atomic E-state index is 2.53. The Bertz CT molecular complexity index is 365. The fourth-order valence-electron chi connectivity index (χ4n) is 2.47. The molecule has 0 unspecified atom stereocenters. The molecule has 1 heteroatoms. The topological polar surface area (TPSA) is 3.24 Å². The molecule has 0 aromatic carbocycles. The van der Waals surface area contributed by atoms with Gasteiger partial charge in [-0.25, -0.2) is 0 Å². The summed E-state index contributed by atoms with van der Waals surface area (Å²) in [5.74, 6) is 0. The lowest BCUT2D eigenvalue weighted by molar-refractivity contribution is 0.204. The first kappa shape index (κ1) is 16.1. The van der Waals surface area contributed by atoms with Crippen LogP contribution >= 0.6 is 0 Å². The number of unbranched alkanes of at least 4 members (excludes halogenated alkanes) is 1. The highest BCUT2D eigenvalue weighted by Gasteiger charge is 2.34. The van der Waals surface area contributed by atoms with Gasteiger partial charge in [-0.3, -0.25) is 0 Å². The van der Waals surface area contributed by atoms with Crippen molar-refractivity contribution < 1.29 is 0 Å². The van der Waals surface area contributed by atoms with Crippen molar-refractivity contribution in [1.29, 1.82) is 0 Å². The molecule has 0 heterocycles. The monoisotopic (exact) mass is 261 g/mol. The van der Waals surface area contributed by atoms with Gasteiger partial charge in [-0.2, -0.15) is 0 Å². The smallest absolute Gasteiger partial charge is 0.0359 e. The summed E-state index contributed by atoms with van der Waals surface area (Å²) in [5.41, 5.74) is 3.32. The van der Waals surface area contributed by atoms with Crippen LogP contribution < -0.4 is 0 Å². The highest BCUT2D eigenvalue weighted by molar-refractivity contribution is 5.23. The molecule has 0 amide bonds. The minimum Gasteiger partial charge on any atom is -0.368 e. The van der Waals surface area contributed by atoms with E-state index >= 15 is 0 Å². The second-order valence-corrected chi connectivity index (χ2v) is 6.75. The summed E-state index contributed by atoms with van der Waals surface area (Å²) in [6.45, 7) is 14.6. The van der Waals surface area contributed by atoms with E-state index in [1.54, 1.807) is 0 Å². The maximum absolute atomic E-state index is 2.53. The highest BCUT2D eigenvalue weighted by Crippen LogP contribution is 2.42. The van der Waals surface area contributed by atoms with Crippen molar-refractivity contribution in [1.82, 2.24) is 4.90 Å². The van der Waals surface area contributed by atoms with Crippen molar-refractivity contribution in [3.63, 3.8) is 0 Å². The lowest BCUT2D eigenvalue weighted by Crippen LogP contribution is -2.40. The normalized spacial score (nSPS) is 17.3. The van der Waals surface area contributed by atoms with Crippen molar-refractivity contribution in [2.45, 2.75) is 66.8 Å². The molecule has 0 saturated heterocycles. The zero-order valence-electron chi connectivity index (χ0n) is 13.7. The Labute approximate surface area is 120 Å². The molecule has 0 aromatic rings. The molecule has 19 heavy (non-hydrogen) atoms. The predicted octanol–water partition coefficient (Wildman–Crippen LogP) is 5.31. The molecule has 0 fully saturated rings. The number of hydrogen-bond donors (Lipinski definition) is 0. The number of rotatable bonds is 7. The first-order valence-corrected chi connectivity index (χ1v) is 7.60. The molecular formula is C18H31N. The Morgan fingerprint density at radius 1 is 1.26 bits per heavy atom. The first-order valence-electron chi connectivity index (χ1n) is 7.60. The van der Waals surface area contributed by atoms with Gasteiger partial charge in [0.25, 0.3) is 0 Å². The van der Waals surface area contributed by atoms with Crippen molar-refractivity contribution in [2.24, 2.45) is 5.41 Å². The molecule has 1 nitrogen and oxygen atoms in total. The van der Waals surface area contributed by atoms with Gasteiger partial charge < -0.3 is 4.90 Å². The summed E-state index contributed by atoms with van der Waals surface area (Å²) >= 11 is 0. The summed E-state index contributed by atoms with van der Waals surface area (Å²) in [6, 6.07) is 0.577. The van der Waals surface area contributed by atoms with E-state index in [0.29, 0.717) is 11.5 Å². The minimum atomic E-state index is 0.375. The molecule has 0 aliphatic heterocycles. The lowest BCUT2D eigenvalue weighted by atomic mass is 9.75. The van der Waals surface area contributed by atoms with Crippen molar-refractivity contribution in [2.75, 3.05) is 6.54 Å². The molecular weight excluding hydrogens is 230 g/mol. The van der Waals surface area contributed by atoms with Crippen LogP contribution in [0.3, 0.4) is 0 Å². The van der Waals surface area contributed by atoms with Gasteiger partial charge in [0, 0.05) is 23.7 Å². The second kappa shape index (κ2) is 6.98. The molecule has 0 bridgehead atoms. The molecule has 0 saturated carbocycles. The van der Waals surface area contributed by atoms with Gasteiger partial charge in [-0.1, -0.05) is 43.7 Å². The summed E-state index contributed by atoms with van der Waals surface area (Å²) < 4.78 is 0. The molecule has 0 radical (unpaired) electrons. The second-order valence-electron chi connectivity index (χ2n) is 6.75. The van der Waals surface area contributed by atoms with E-state index in [1.807, 2.05) is 0 Å². The number of nitrogens with zero attached hydrogens (tertiary/aromatic N) is 1. The molecule has 0 spiro atoms. The van der Waals surface area contributed by atoms with Crippen LogP contribution in [0.2, 0.25) is 0 Å². The van der Waals surface area contributed by atoms with Crippen molar-refractivity contribution >= 4 is 0 Å². The van der Waals surface area contributed by atoms with Crippen molar-refractivity contribution in [3.05, 3.63) is 35.6 Å². The van der Waals surface area contributed by atoms with E-state index in [2.05, 4.69) is 70.7 Å². The average molecular weight is 261 g/mol. The first-order chi connectivity index (χ1) is 8.84. The third-order valence-electron chi connectivity index (χ3n) is 3.79. The quantitative estimate of drug-likeness (QED) is 0.443. The molecule has 0 atom stereocenters. The van der Waals surface area contributed by atoms with Crippen LogP contribution in [0.4, 0.5) is 0 Å². The van der Waals surface area contributed by atoms with Gasteiger partial charge in [0.1, 0.15) is 0 Å². The zero-order valence-corrected chi connectivity index (χ0v) is 13.7. The van der Waals surface area contributed by atoms with E-state index in [-0.39, 0.29) is 0 Å². The summed E-state index contributed by atoms with van der Waals surface area (Å²) in [5, 5.41) is 0. The Balaban J connectivity index is 2.44. The van der Waals surface area contributed by atoms with Crippen LogP contribution in [0.25, 0.3) is 0 Å². The Kier molecular flexibility index (Phi) is 5.90. The van der Waals surface area contributed by atoms with Crippen LogP contribution in [-0.4, -0.2) is 17.5 Å². The summed E-state index contributed by atoms with van der Waals surface area (Å²) in [6.07, 6.45) is 12.9. The van der Waals surface area contributed by atoms with Crippen LogP contribution in [-0.2, 0) is 0 Å².